The number of diazo groups is 1. The van der Waals surface area contributed by atoms with Gasteiger partial charge in [-0.1, -0.05) is 24.3 Å². The minimum atomic E-state index is -0.668. The number of phenolic OH excluding ortho intramolecular Hbond substituents is 1. The molecule has 2 aromatic rings. The number of carbonyl (C=O) groups is 1. The highest BCUT2D eigenvalue weighted by Gasteiger charge is 2.28. The number of esters is 1. The summed E-state index contributed by atoms with van der Waals surface area (Å²) in [6, 6.07) is 8.43. The summed E-state index contributed by atoms with van der Waals surface area (Å²) < 4.78 is 4.56. The average molecular weight is 229 g/mol. The summed E-state index contributed by atoms with van der Waals surface area (Å²) >= 11 is 0. The minimum Gasteiger partial charge on any atom is -0.501 e. The van der Waals surface area contributed by atoms with E-state index in [-0.39, 0.29) is 17.0 Å². The highest BCUT2D eigenvalue weighted by atomic mass is 16.5. The van der Waals surface area contributed by atoms with Crippen LogP contribution in [0.1, 0.15) is 10.4 Å². The number of ether oxygens (including phenoxy) is 1. The molecule has 0 spiro atoms. The first kappa shape index (κ1) is 10.9. The molecule has 2 aromatic carbocycles. The van der Waals surface area contributed by atoms with Gasteiger partial charge in [0.2, 0.25) is 11.1 Å². The van der Waals surface area contributed by atoms with Gasteiger partial charge in [0.25, 0.3) is 0 Å². The second-order valence-corrected chi connectivity index (χ2v) is 3.43. The number of rotatable bonds is 1. The molecule has 5 heteroatoms. The molecule has 0 saturated carbocycles. The quantitative estimate of drug-likeness (QED) is 0.602. The molecule has 5 nitrogen and oxygen atoms in total. The molecule has 0 bridgehead atoms. The SMILES string of the molecule is COC(=O)c1cc2ccccc2c(O)c1[N+]#N. The molecule has 0 aromatic heterocycles. The standard InChI is InChI=1S/C12H8N2O3/c1-17-12(16)9-6-7-4-2-3-5-8(7)11(15)10(9)14-13/h2-6H,1H3/p+1. The number of aromatic hydroxyl groups is 1. The third-order valence-electron chi connectivity index (χ3n) is 2.50. The van der Waals surface area contributed by atoms with Crippen LogP contribution in [0.5, 0.6) is 5.75 Å². The van der Waals surface area contributed by atoms with E-state index < -0.39 is 5.97 Å². The highest BCUT2D eigenvalue weighted by Crippen LogP contribution is 2.38. The maximum atomic E-state index is 11.5. The fraction of sp³-hybridized carbons (Fsp3) is 0.0833. The first-order valence-electron chi connectivity index (χ1n) is 4.87. The van der Waals surface area contributed by atoms with Crippen molar-refractivity contribution in [2.24, 2.45) is 0 Å². The van der Waals surface area contributed by atoms with Crippen molar-refractivity contribution < 1.29 is 14.6 Å². The first-order chi connectivity index (χ1) is 8.19. The largest absolute Gasteiger partial charge is 0.501 e. The summed E-state index contributed by atoms with van der Waals surface area (Å²) in [5.41, 5.74) is -0.165. The van der Waals surface area contributed by atoms with Gasteiger partial charge in [0, 0.05) is 5.39 Å². The fourth-order valence-corrected chi connectivity index (χ4v) is 1.68. The van der Waals surface area contributed by atoms with Gasteiger partial charge in [0.15, 0.2) is 10.5 Å². The Bertz CT molecular complexity index is 644. The van der Waals surface area contributed by atoms with Crippen LogP contribution in [0.25, 0.3) is 15.7 Å². The normalized spacial score (nSPS) is 9.88. The van der Waals surface area contributed by atoms with Gasteiger partial charge in [-0.2, -0.15) is 0 Å². The number of methoxy groups -OCH3 is 1. The maximum absolute atomic E-state index is 11.5. The van der Waals surface area contributed by atoms with E-state index >= 15 is 0 Å². The van der Waals surface area contributed by atoms with E-state index in [0.29, 0.717) is 10.8 Å². The molecule has 0 radical (unpaired) electrons. The third-order valence-corrected chi connectivity index (χ3v) is 2.50. The zero-order valence-corrected chi connectivity index (χ0v) is 9.04. The topological polar surface area (TPSA) is 74.7 Å². The molecular formula is C12H9N2O3+. The van der Waals surface area contributed by atoms with E-state index in [0.717, 1.165) is 0 Å². The summed E-state index contributed by atoms with van der Waals surface area (Å²) in [4.78, 5) is 14.4. The molecule has 0 aliphatic heterocycles. The smallest absolute Gasteiger partial charge is 0.441 e. The zero-order chi connectivity index (χ0) is 12.4. The molecule has 0 amide bonds. The van der Waals surface area contributed by atoms with Crippen LogP contribution in [-0.2, 0) is 4.74 Å². The van der Waals surface area contributed by atoms with Crippen molar-refractivity contribution in [1.82, 2.24) is 0 Å². The van der Waals surface area contributed by atoms with Crippen LogP contribution in [0.2, 0.25) is 0 Å². The van der Waals surface area contributed by atoms with Crippen LogP contribution in [0.4, 0.5) is 5.69 Å². The third kappa shape index (κ3) is 1.66. The van der Waals surface area contributed by atoms with E-state index in [1.165, 1.54) is 13.2 Å². The van der Waals surface area contributed by atoms with Crippen molar-refractivity contribution in [3.05, 3.63) is 40.9 Å². The molecule has 0 fully saturated rings. The Morgan fingerprint density at radius 1 is 1.41 bits per heavy atom. The van der Waals surface area contributed by atoms with Gasteiger partial charge < -0.3 is 9.84 Å². The first-order valence-corrected chi connectivity index (χ1v) is 4.87. The molecule has 2 rings (SSSR count). The van der Waals surface area contributed by atoms with E-state index in [1.807, 2.05) is 0 Å². The zero-order valence-electron chi connectivity index (χ0n) is 9.04. The van der Waals surface area contributed by atoms with Crippen molar-refractivity contribution in [1.29, 1.82) is 5.39 Å². The Labute approximate surface area is 96.9 Å². The number of hydrogen-bond acceptors (Lipinski definition) is 4. The predicted octanol–water partition coefficient (Wildman–Crippen LogP) is 2.82. The van der Waals surface area contributed by atoms with Crippen LogP contribution < -0.4 is 0 Å². The summed E-state index contributed by atoms with van der Waals surface area (Å²) in [5, 5.41) is 19.9. The highest BCUT2D eigenvalue weighted by molar-refractivity contribution is 6.05. The van der Waals surface area contributed by atoms with Crippen molar-refractivity contribution >= 4 is 22.4 Å². The fourth-order valence-electron chi connectivity index (χ4n) is 1.68. The second kappa shape index (κ2) is 4.10. The van der Waals surface area contributed by atoms with Gasteiger partial charge in [0.1, 0.15) is 0 Å². The Morgan fingerprint density at radius 3 is 2.76 bits per heavy atom. The summed E-state index contributed by atoms with van der Waals surface area (Å²) in [6.45, 7) is 0. The van der Waals surface area contributed by atoms with E-state index in [2.05, 4.69) is 9.71 Å². The Hall–Kier alpha value is -2.61. The van der Waals surface area contributed by atoms with E-state index in [4.69, 9.17) is 5.39 Å². The molecule has 84 valence electrons. The van der Waals surface area contributed by atoms with Gasteiger partial charge in [-0.25, -0.2) is 4.79 Å². The van der Waals surface area contributed by atoms with Crippen LogP contribution in [-0.4, -0.2) is 18.2 Å². The minimum absolute atomic E-state index is 0.0196. The average Bonchev–Trinajstić information content (AvgIpc) is 2.37. The lowest BCUT2D eigenvalue weighted by atomic mass is 10.0. The number of fused-ring (bicyclic) bond motifs is 1. The predicted molar refractivity (Wildman–Crippen MR) is 61.7 cm³/mol. The molecule has 17 heavy (non-hydrogen) atoms. The maximum Gasteiger partial charge on any atom is 0.441 e. The van der Waals surface area contributed by atoms with Crippen LogP contribution in [0.15, 0.2) is 30.3 Å². The monoisotopic (exact) mass is 229 g/mol. The summed E-state index contributed by atoms with van der Waals surface area (Å²) in [7, 11) is 1.22. The number of benzene rings is 2. The van der Waals surface area contributed by atoms with Crippen LogP contribution in [0.3, 0.4) is 0 Å². The van der Waals surface area contributed by atoms with Crippen molar-refractivity contribution in [2.75, 3.05) is 7.11 Å². The molecule has 0 saturated heterocycles. The van der Waals surface area contributed by atoms with Crippen LogP contribution in [0, 0.1) is 5.39 Å². The summed E-state index contributed by atoms with van der Waals surface area (Å²) in [5.74, 6) is -0.912. The molecule has 0 aliphatic carbocycles. The van der Waals surface area contributed by atoms with Crippen molar-refractivity contribution in [3.8, 4) is 5.75 Å². The van der Waals surface area contributed by atoms with Crippen LogP contribution >= 0.6 is 0 Å². The van der Waals surface area contributed by atoms with Gasteiger partial charge in [-0.15, -0.1) is 0 Å². The Kier molecular flexibility index (Phi) is 2.63. The van der Waals surface area contributed by atoms with Gasteiger partial charge >= 0.3 is 11.7 Å². The van der Waals surface area contributed by atoms with Gasteiger partial charge in [-0.05, 0) is 11.5 Å². The number of nitrogens with zero attached hydrogens (tertiary/aromatic N) is 2. The number of phenols is 1. The van der Waals surface area contributed by atoms with Gasteiger partial charge in [0.05, 0.1) is 7.11 Å². The second-order valence-electron chi connectivity index (χ2n) is 3.43. The summed E-state index contributed by atoms with van der Waals surface area (Å²) in [6.07, 6.45) is 0. The number of hydrogen-bond donors (Lipinski definition) is 1. The van der Waals surface area contributed by atoms with E-state index in [1.54, 1.807) is 24.3 Å². The lowest BCUT2D eigenvalue weighted by molar-refractivity contribution is 0.0602. The van der Waals surface area contributed by atoms with Crippen molar-refractivity contribution in [2.45, 2.75) is 0 Å². The Balaban J connectivity index is 2.86. The molecule has 0 aliphatic rings. The lowest BCUT2D eigenvalue weighted by Crippen LogP contribution is -2.01. The Morgan fingerprint density at radius 2 is 2.12 bits per heavy atom. The van der Waals surface area contributed by atoms with Crippen molar-refractivity contribution in [3.63, 3.8) is 0 Å². The van der Waals surface area contributed by atoms with E-state index in [9.17, 15) is 9.90 Å². The molecule has 0 unspecified atom stereocenters. The lowest BCUT2D eigenvalue weighted by Gasteiger charge is -2.02. The number of carbonyl (C=O) groups excluding carboxylic acids is 1. The molecular weight excluding hydrogens is 220 g/mol. The molecule has 0 heterocycles. The molecule has 1 N–H and O–H groups in total. The van der Waals surface area contributed by atoms with Gasteiger partial charge in [-0.3, -0.25) is 0 Å². The molecule has 0 atom stereocenters.